The zero-order valence-electron chi connectivity index (χ0n) is 10.9. The molecule has 1 unspecified atom stereocenters. The van der Waals surface area contributed by atoms with Crippen LogP contribution < -0.4 is 4.74 Å². The van der Waals surface area contributed by atoms with Crippen LogP contribution in [0.3, 0.4) is 0 Å². The maximum atomic E-state index is 11.0. The second kappa shape index (κ2) is 6.64. The predicted molar refractivity (Wildman–Crippen MR) is 72.3 cm³/mol. The zero-order valence-corrected chi connectivity index (χ0v) is 11.7. The lowest BCUT2D eigenvalue weighted by Gasteiger charge is -2.16. The average Bonchev–Trinajstić information content (AvgIpc) is 2.27. The van der Waals surface area contributed by atoms with Crippen LogP contribution in [0.5, 0.6) is 5.75 Å². The molecular weight excluding hydrogens is 252 g/mol. The number of halogens is 1. The van der Waals surface area contributed by atoms with Gasteiger partial charge in [-0.3, -0.25) is 4.79 Å². The summed E-state index contributed by atoms with van der Waals surface area (Å²) in [5.41, 5.74) is 1.06. The van der Waals surface area contributed by atoms with Crippen molar-refractivity contribution in [2.24, 2.45) is 11.8 Å². The Bertz CT molecular complexity index is 416. The van der Waals surface area contributed by atoms with Gasteiger partial charge >= 0.3 is 5.97 Å². The highest BCUT2D eigenvalue weighted by atomic mass is 35.5. The summed E-state index contributed by atoms with van der Waals surface area (Å²) in [7, 11) is 0. The minimum atomic E-state index is -0.774. The molecule has 100 valence electrons. The second-order valence-corrected chi connectivity index (χ2v) is 5.17. The number of hydrogen-bond acceptors (Lipinski definition) is 2. The number of carboxylic acid groups (broad SMARTS) is 1. The molecule has 3 nitrogen and oxygen atoms in total. The van der Waals surface area contributed by atoms with Crippen LogP contribution in [0.2, 0.25) is 5.02 Å². The highest BCUT2D eigenvalue weighted by Crippen LogP contribution is 2.26. The molecule has 0 aliphatic rings. The fourth-order valence-electron chi connectivity index (χ4n) is 1.76. The molecule has 0 aliphatic carbocycles. The maximum absolute atomic E-state index is 11.0. The van der Waals surface area contributed by atoms with Crippen molar-refractivity contribution >= 4 is 17.6 Å². The highest BCUT2D eigenvalue weighted by Gasteiger charge is 2.21. The fourth-order valence-corrected chi connectivity index (χ4v) is 1.93. The van der Waals surface area contributed by atoms with Gasteiger partial charge in [-0.1, -0.05) is 31.5 Å². The first-order chi connectivity index (χ1) is 8.41. The molecule has 0 radical (unpaired) electrons. The van der Waals surface area contributed by atoms with E-state index in [0.717, 1.165) is 5.56 Å². The third kappa shape index (κ3) is 4.22. The molecule has 0 fully saturated rings. The Balaban J connectivity index is 2.55. The summed E-state index contributed by atoms with van der Waals surface area (Å²) in [4.78, 5) is 11.0. The van der Waals surface area contributed by atoms with E-state index in [4.69, 9.17) is 21.4 Å². The van der Waals surface area contributed by atoms with Crippen LogP contribution in [0.15, 0.2) is 18.2 Å². The van der Waals surface area contributed by atoms with Gasteiger partial charge in [-0.05, 0) is 37.0 Å². The number of ether oxygens (including phenoxy) is 1. The van der Waals surface area contributed by atoms with Gasteiger partial charge in [-0.2, -0.15) is 0 Å². The zero-order chi connectivity index (χ0) is 13.7. The summed E-state index contributed by atoms with van der Waals surface area (Å²) in [5.74, 6) is -0.443. The van der Waals surface area contributed by atoms with E-state index in [2.05, 4.69) is 0 Å². The van der Waals surface area contributed by atoms with Crippen molar-refractivity contribution in [1.29, 1.82) is 0 Å². The first-order valence-electron chi connectivity index (χ1n) is 6.03. The van der Waals surface area contributed by atoms with Crippen molar-refractivity contribution < 1.29 is 14.6 Å². The van der Waals surface area contributed by atoms with Crippen molar-refractivity contribution in [3.05, 3.63) is 28.8 Å². The molecule has 4 heteroatoms. The quantitative estimate of drug-likeness (QED) is 0.856. The highest BCUT2D eigenvalue weighted by molar-refractivity contribution is 6.32. The molecule has 1 atom stereocenters. The summed E-state index contributed by atoms with van der Waals surface area (Å²) < 4.78 is 5.55. The summed E-state index contributed by atoms with van der Waals surface area (Å²) in [6, 6.07) is 5.54. The Morgan fingerprint density at radius 1 is 1.44 bits per heavy atom. The maximum Gasteiger partial charge on any atom is 0.306 e. The average molecular weight is 271 g/mol. The van der Waals surface area contributed by atoms with E-state index in [9.17, 15) is 4.79 Å². The monoisotopic (exact) mass is 270 g/mol. The first-order valence-corrected chi connectivity index (χ1v) is 6.41. The Morgan fingerprint density at radius 2 is 2.11 bits per heavy atom. The fraction of sp³-hybridized carbons (Fsp3) is 0.500. The van der Waals surface area contributed by atoms with Crippen LogP contribution in [-0.2, 0) is 4.79 Å². The SMILES string of the molecule is Cc1ccc(Cl)c(OCCC(C(=O)O)C(C)C)c1. The van der Waals surface area contributed by atoms with E-state index in [0.29, 0.717) is 23.8 Å². The van der Waals surface area contributed by atoms with Gasteiger partial charge in [0.1, 0.15) is 5.75 Å². The van der Waals surface area contributed by atoms with Crippen LogP contribution in [0.25, 0.3) is 0 Å². The lowest BCUT2D eigenvalue weighted by molar-refractivity contribution is -0.143. The lowest BCUT2D eigenvalue weighted by Crippen LogP contribution is -2.22. The number of aliphatic carboxylic acids is 1. The van der Waals surface area contributed by atoms with Gasteiger partial charge in [-0.15, -0.1) is 0 Å². The standard InChI is InChI=1S/C14H19ClO3/c1-9(2)11(14(16)17)6-7-18-13-8-10(3)4-5-12(13)15/h4-5,8-9,11H,6-7H2,1-3H3,(H,16,17). The number of benzene rings is 1. The molecule has 1 N–H and O–H groups in total. The Kier molecular flexibility index (Phi) is 5.48. The molecule has 0 aromatic heterocycles. The van der Waals surface area contributed by atoms with E-state index >= 15 is 0 Å². The van der Waals surface area contributed by atoms with Gasteiger partial charge in [0.25, 0.3) is 0 Å². The normalized spacial score (nSPS) is 12.5. The summed E-state index contributed by atoms with van der Waals surface area (Å²) >= 11 is 6.00. The Hall–Kier alpha value is -1.22. The van der Waals surface area contributed by atoms with Gasteiger partial charge in [-0.25, -0.2) is 0 Å². The predicted octanol–water partition coefficient (Wildman–Crippen LogP) is 3.77. The van der Waals surface area contributed by atoms with Crippen LogP contribution >= 0.6 is 11.6 Å². The van der Waals surface area contributed by atoms with Gasteiger partial charge in [0.05, 0.1) is 17.5 Å². The molecule has 1 rings (SSSR count). The third-order valence-corrected chi connectivity index (χ3v) is 3.21. The third-order valence-electron chi connectivity index (χ3n) is 2.90. The molecule has 0 saturated carbocycles. The largest absolute Gasteiger partial charge is 0.492 e. The molecule has 0 aliphatic heterocycles. The molecule has 0 heterocycles. The molecule has 0 spiro atoms. The van der Waals surface area contributed by atoms with Crippen LogP contribution in [-0.4, -0.2) is 17.7 Å². The Morgan fingerprint density at radius 3 is 2.67 bits per heavy atom. The van der Waals surface area contributed by atoms with Crippen LogP contribution in [0, 0.1) is 18.8 Å². The first kappa shape index (κ1) is 14.8. The molecule has 1 aromatic rings. The molecular formula is C14H19ClO3. The Labute approximate surface area is 113 Å². The van der Waals surface area contributed by atoms with Gasteiger partial charge in [0.15, 0.2) is 0 Å². The molecule has 1 aromatic carbocycles. The van der Waals surface area contributed by atoms with Crippen molar-refractivity contribution in [1.82, 2.24) is 0 Å². The van der Waals surface area contributed by atoms with Gasteiger partial charge in [0.2, 0.25) is 0 Å². The number of hydrogen-bond donors (Lipinski definition) is 1. The summed E-state index contributed by atoms with van der Waals surface area (Å²) in [6.45, 7) is 6.12. The number of rotatable bonds is 6. The van der Waals surface area contributed by atoms with Crippen molar-refractivity contribution in [2.45, 2.75) is 27.2 Å². The lowest BCUT2D eigenvalue weighted by atomic mass is 9.93. The van der Waals surface area contributed by atoms with Crippen LogP contribution in [0.4, 0.5) is 0 Å². The van der Waals surface area contributed by atoms with Crippen LogP contribution in [0.1, 0.15) is 25.8 Å². The van der Waals surface area contributed by atoms with Gasteiger partial charge < -0.3 is 9.84 Å². The minimum absolute atomic E-state index is 0.0964. The van der Waals surface area contributed by atoms with Crippen molar-refractivity contribution in [3.63, 3.8) is 0 Å². The number of carbonyl (C=O) groups is 1. The van der Waals surface area contributed by atoms with Gasteiger partial charge in [0, 0.05) is 0 Å². The topological polar surface area (TPSA) is 46.5 Å². The van der Waals surface area contributed by atoms with E-state index in [1.54, 1.807) is 6.07 Å². The van der Waals surface area contributed by atoms with E-state index in [-0.39, 0.29) is 11.8 Å². The summed E-state index contributed by atoms with van der Waals surface area (Å²) in [5, 5.41) is 9.61. The van der Waals surface area contributed by atoms with E-state index < -0.39 is 5.97 Å². The second-order valence-electron chi connectivity index (χ2n) is 4.76. The smallest absolute Gasteiger partial charge is 0.306 e. The van der Waals surface area contributed by atoms with E-state index in [1.807, 2.05) is 32.9 Å². The molecule has 0 saturated heterocycles. The summed E-state index contributed by atoms with van der Waals surface area (Å²) in [6.07, 6.45) is 0.483. The molecule has 18 heavy (non-hydrogen) atoms. The minimum Gasteiger partial charge on any atom is -0.492 e. The number of aryl methyl sites for hydroxylation is 1. The molecule has 0 bridgehead atoms. The number of carboxylic acids is 1. The van der Waals surface area contributed by atoms with E-state index in [1.165, 1.54) is 0 Å². The van der Waals surface area contributed by atoms with Crippen molar-refractivity contribution in [2.75, 3.05) is 6.61 Å². The molecule has 0 amide bonds. The van der Waals surface area contributed by atoms with Crippen molar-refractivity contribution in [3.8, 4) is 5.75 Å².